The van der Waals surface area contributed by atoms with Crippen molar-refractivity contribution in [1.82, 2.24) is 13.9 Å². The van der Waals surface area contributed by atoms with Gasteiger partial charge in [0.15, 0.2) is 17.4 Å². The number of aliphatic carboxylic acids is 1. The number of hydrogen-bond acceptors (Lipinski definition) is 7. The molecule has 0 spiro atoms. The second-order valence-corrected chi connectivity index (χ2v) is 16.2. The summed E-state index contributed by atoms with van der Waals surface area (Å²) in [6, 6.07) is 13.4. The molecule has 4 aromatic rings. The standard InChI is InChI=1S/C33H39Cl2F2N4O4S.C2HF3O2/c1-33(2,22-9-14-26(34)29(17-22)44-7)30-20-38-31(40(30)24-12-10-23(36)11-13-24)21-45-32-27(35)18-25(19-28(32)37)46(42,43)39(3)15-8-16-41(4,5)6;3-2(4,5)1(6)7/h9-14,17-20H,8,15-16,21H2,1-7H3;(H,6,7)/q+1;/p-1. The molecule has 10 nitrogen and oxygen atoms in total. The molecule has 4 rings (SSSR count). The van der Waals surface area contributed by atoms with Crippen molar-refractivity contribution in [3.8, 4) is 17.2 Å². The van der Waals surface area contributed by atoms with Gasteiger partial charge in [-0.2, -0.15) is 13.2 Å². The molecule has 1 aromatic heterocycles. The van der Waals surface area contributed by atoms with E-state index in [1.165, 1.54) is 36.7 Å². The van der Waals surface area contributed by atoms with Crippen LogP contribution in [0.2, 0.25) is 10.0 Å². The number of imidazole rings is 1. The Morgan fingerprint density at radius 1 is 1.00 bits per heavy atom. The molecular formula is C35H39Cl2F5N4O6S. The van der Waals surface area contributed by atoms with Crippen LogP contribution >= 0.6 is 23.2 Å². The Morgan fingerprint density at radius 3 is 2.13 bits per heavy atom. The molecular weight excluding hydrogens is 770 g/mol. The number of quaternary nitrogens is 1. The lowest BCUT2D eigenvalue weighted by molar-refractivity contribution is -0.870. The number of alkyl halides is 3. The van der Waals surface area contributed by atoms with Crippen LogP contribution in [-0.4, -0.2) is 87.3 Å². The zero-order chi connectivity index (χ0) is 40.1. The zero-order valence-electron chi connectivity index (χ0n) is 29.9. The Balaban J connectivity index is 0.000000980. The second-order valence-electron chi connectivity index (χ2n) is 13.3. The number of benzene rings is 3. The van der Waals surface area contributed by atoms with Crippen LogP contribution in [0.15, 0.2) is 65.7 Å². The summed E-state index contributed by atoms with van der Waals surface area (Å²) in [6.07, 6.45) is -2.90. The Morgan fingerprint density at radius 2 is 1.60 bits per heavy atom. The normalized spacial score (nSPS) is 12.4. The second kappa shape index (κ2) is 17.0. The number of carbonyl (C=O) groups excluding carboxylic acids is 1. The smallest absolute Gasteiger partial charge is 0.430 e. The van der Waals surface area contributed by atoms with E-state index in [0.717, 1.165) is 23.9 Å². The molecule has 0 radical (unpaired) electrons. The van der Waals surface area contributed by atoms with Crippen LogP contribution in [-0.2, 0) is 26.8 Å². The van der Waals surface area contributed by atoms with Gasteiger partial charge in [-0.3, -0.25) is 4.57 Å². The number of nitrogens with zero attached hydrogens (tertiary/aromatic N) is 4. The maximum atomic E-state index is 15.4. The van der Waals surface area contributed by atoms with Crippen molar-refractivity contribution in [2.75, 3.05) is 48.4 Å². The SMILES string of the molecule is COc1cc(C(C)(C)c2cnc(COc3c(F)cc(S(=O)(=O)N(C)CCC[N+](C)(C)C)cc3Cl)n2-c2ccc(F)cc2)ccc1Cl.O=C([O-])C(F)(F)F. The summed E-state index contributed by atoms with van der Waals surface area (Å²) in [7, 11) is 5.06. The van der Waals surface area contributed by atoms with Crippen LogP contribution in [0.4, 0.5) is 22.0 Å². The van der Waals surface area contributed by atoms with E-state index in [-0.39, 0.29) is 28.8 Å². The molecule has 290 valence electrons. The van der Waals surface area contributed by atoms with Crippen molar-refractivity contribution in [3.05, 3.63) is 99.6 Å². The van der Waals surface area contributed by atoms with Gasteiger partial charge in [-0.15, -0.1) is 0 Å². The molecule has 0 bridgehead atoms. The van der Waals surface area contributed by atoms with Crippen molar-refractivity contribution >= 4 is 39.2 Å². The molecule has 0 saturated carbocycles. The number of carbonyl (C=O) groups is 1. The van der Waals surface area contributed by atoms with Crippen LogP contribution in [0, 0.1) is 11.6 Å². The number of halogens is 7. The van der Waals surface area contributed by atoms with Gasteiger partial charge in [-0.05, 0) is 54.1 Å². The highest BCUT2D eigenvalue weighted by atomic mass is 35.5. The number of carboxylic acids is 1. The van der Waals surface area contributed by atoms with Crippen LogP contribution in [0.5, 0.6) is 11.5 Å². The van der Waals surface area contributed by atoms with E-state index in [2.05, 4.69) is 4.98 Å². The highest BCUT2D eigenvalue weighted by Crippen LogP contribution is 2.38. The molecule has 0 unspecified atom stereocenters. The Bertz CT molecular complexity index is 2000. The molecule has 0 fully saturated rings. The van der Waals surface area contributed by atoms with Gasteiger partial charge in [-0.1, -0.05) is 43.1 Å². The minimum atomic E-state index is -5.19. The minimum absolute atomic E-state index is 0.202. The number of sulfonamides is 1. The Kier molecular flexibility index (Phi) is 13.9. The van der Waals surface area contributed by atoms with Crippen LogP contribution in [0.25, 0.3) is 5.69 Å². The maximum Gasteiger partial charge on any atom is 0.430 e. The summed E-state index contributed by atoms with van der Waals surface area (Å²) in [4.78, 5) is 13.1. The third-order valence-electron chi connectivity index (χ3n) is 7.99. The van der Waals surface area contributed by atoms with Crippen molar-refractivity contribution in [1.29, 1.82) is 0 Å². The molecule has 1 heterocycles. The average molecular weight is 810 g/mol. The first-order chi connectivity index (χ1) is 24.4. The lowest BCUT2D eigenvalue weighted by atomic mass is 9.81. The van der Waals surface area contributed by atoms with Crippen LogP contribution in [0.1, 0.15) is 37.4 Å². The van der Waals surface area contributed by atoms with Gasteiger partial charge in [0.05, 0.1) is 55.4 Å². The first-order valence-electron chi connectivity index (χ1n) is 15.7. The third-order valence-corrected chi connectivity index (χ3v) is 10.4. The van der Waals surface area contributed by atoms with Gasteiger partial charge in [0, 0.05) is 37.3 Å². The maximum absolute atomic E-state index is 15.4. The van der Waals surface area contributed by atoms with E-state index in [9.17, 15) is 26.0 Å². The summed E-state index contributed by atoms with van der Waals surface area (Å²) in [5.74, 6) is -3.78. The van der Waals surface area contributed by atoms with Crippen molar-refractivity contribution < 1.29 is 54.2 Å². The van der Waals surface area contributed by atoms with E-state index < -0.39 is 39.2 Å². The fourth-order valence-electron chi connectivity index (χ4n) is 5.04. The Hall–Kier alpha value is -3.96. The number of rotatable bonds is 13. The first-order valence-corrected chi connectivity index (χ1v) is 17.9. The molecule has 53 heavy (non-hydrogen) atoms. The third kappa shape index (κ3) is 11.0. The van der Waals surface area contributed by atoms with Gasteiger partial charge in [0.2, 0.25) is 10.0 Å². The van der Waals surface area contributed by atoms with E-state index in [1.54, 1.807) is 29.0 Å². The number of methoxy groups -OCH3 is 1. The number of carboxylic acid groups (broad SMARTS) is 1. The number of hydrogen-bond donors (Lipinski definition) is 0. The molecule has 0 aliphatic heterocycles. The van der Waals surface area contributed by atoms with E-state index in [4.69, 9.17) is 42.6 Å². The van der Waals surface area contributed by atoms with E-state index in [1.807, 2.05) is 47.1 Å². The average Bonchev–Trinajstić information content (AvgIpc) is 3.48. The van der Waals surface area contributed by atoms with Crippen LogP contribution in [0.3, 0.4) is 0 Å². The Labute approximate surface area is 314 Å². The van der Waals surface area contributed by atoms with Crippen molar-refractivity contribution in [3.63, 3.8) is 0 Å². The molecule has 0 aliphatic carbocycles. The molecule has 0 amide bonds. The summed E-state index contributed by atoms with van der Waals surface area (Å²) in [5.41, 5.74) is 1.54. The quantitative estimate of drug-likeness (QED) is 0.114. The fourth-order valence-corrected chi connectivity index (χ4v) is 6.81. The van der Waals surface area contributed by atoms with Gasteiger partial charge >= 0.3 is 6.18 Å². The molecule has 0 N–H and O–H groups in total. The molecule has 18 heteroatoms. The summed E-state index contributed by atoms with van der Waals surface area (Å²) in [6.45, 7) is 4.79. The van der Waals surface area contributed by atoms with Gasteiger partial charge in [-0.25, -0.2) is 26.5 Å². The van der Waals surface area contributed by atoms with Crippen LogP contribution < -0.4 is 14.6 Å². The highest BCUT2D eigenvalue weighted by molar-refractivity contribution is 7.89. The van der Waals surface area contributed by atoms with Crippen molar-refractivity contribution in [2.24, 2.45) is 0 Å². The fraction of sp³-hybridized carbons (Fsp3) is 0.371. The summed E-state index contributed by atoms with van der Waals surface area (Å²) >= 11 is 12.7. The predicted molar refractivity (Wildman–Crippen MR) is 188 cm³/mol. The van der Waals surface area contributed by atoms with Gasteiger partial charge in [0.1, 0.15) is 24.1 Å². The predicted octanol–water partition coefficient (Wildman–Crippen LogP) is 6.39. The van der Waals surface area contributed by atoms with Gasteiger partial charge < -0.3 is 23.9 Å². The minimum Gasteiger partial charge on any atom is -0.542 e. The zero-order valence-corrected chi connectivity index (χ0v) is 32.2. The summed E-state index contributed by atoms with van der Waals surface area (Å²) in [5, 5.41) is 9.05. The van der Waals surface area contributed by atoms with E-state index in [0.29, 0.717) is 33.2 Å². The summed E-state index contributed by atoms with van der Waals surface area (Å²) < 4.78 is 102. The lowest BCUT2D eigenvalue weighted by Gasteiger charge is -2.28. The topological polar surface area (TPSA) is 114 Å². The molecule has 0 saturated heterocycles. The first kappa shape index (κ1) is 43.4. The molecule has 0 aliphatic rings. The van der Waals surface area contributed by atoms with E-state index >= 15 is 4.39 Å². The highest BCUT2D eigenvalue weighted by Gasteiger charge is 2.31. The van der Waals surface area contributed by atoms with Gasteiger partial charge in [0.25, 0.3) is 0 Å². The monoisotopic (exact) mass is 808 g/mol. The molecule has 0 atom stereocenters. The lowest BCUT2D eigenvalue weighted by Crippen LogP contribution is -2.38. The largest absolute Gasteiger partial charge is 0.542 e. The number of aromatic nitrogens is 2. The van der Waals surface area contributed by atoms with Crippen molar-refractivity contribution in [2.45, 2.75) is 43.4 Å². The molecule has 3 aromatic carbocycles. The number of ether oxygens (including phenoxy) is 2.